The Bertz CT molecular complexity index is 883. The molecular formula is C19H25N7O. The van der Waals surface area contributed by atoms with Crippen LogP contribution in [0.3, 0.4) is 0 Å². The molecule has 0 aromatic carbocycles. The fourth-order valence-electron chi connectivity index (χ4n) is 3.87. The number of carbonyl (C=O) groups is 1. The highest BCUT2D eigenvalue weighted by Gasteiger charge is 2.39. The van der Waals surface area contributed by atoms with Crippen LogP contribution in [0.5, 0.6) is 0 Å². The molecule has 3 heterocycles. The largest absolute Gasteiger partial charge is 0.367 e. The zero-order valence-corrected chi connectivity index (χ0v) is 16.2. The van der Waals surface area contributed by atoms with Crippen molar-refractivity contribution in [2.75, 3.05) is 18.9 Å². The summed E-state index contributed by atoms with van der Waals surface area (Å²) in [5, 5.41) is 25.7. The van der Waals surface area contributed by atoms with Gasteiger partial charge in [0.05, 0.1) is 17.9 Å². The van der Waals surface area contributed by atoms with Crippen molar-refractivity contribution in [3.63, 3.8) is 0 Å². The lowest BCUT2D eigenvalue weighted by atomic mass is 9.95. The molecule has 1 aliphatic heterocycles. The molecule has 142 valence electrons. The first-order valence-corrected chi connectivity index (χ1v) is 9.26. The lowest BCUT2D eigenvalue weighted by molar-refractivity contribution is -0.127. The Labute approximate surface area is 159 Å². The maximum atomic E-state index is 12.3. The van der Waals surface area contributed by atoms with Crippen LogP contribution in [0.4, 0.5) is 5.82 Å². The third-order valence-electron chi connectivity index (χ3n) is 5.25. The zero-order valence-electron chi connectivity index (χ0n) is 16.2. The lowest BCUT2D eigenvalue weighted by Crippen LogP contribution is -2.26. The lowest BCUT2D eigenvalue weighted by Gasteiger charge is -2.24. The van der Waals surface area contributed by atoms with Gasteiger partial charge in [-0.1, -0.05) is 13.8 Å². The Hall–Kier alpha value is -2.95. The highest BCUT2D eigenvalue weighted by molar-refractivity contribution is 5.79. The number of likely N-dealkylation sites (tertiary alicyclic amines) is 1. The number of aromatic nitrogens is 4. The molecule has 1 N–H and O–H groups in total. The van der Waals surface area contributed by atoms with Crippen molar-refractivity contribution in [3.05, 3.63) is 34.8 Å². The van der Waals surface area contributed by atoms with E-state index in [2.05, 4.69) is 26.7 Å². The summed E-state index contributed by atoms with van der Waals surface area (Å²) >= 11 is 0. The van der Waals surface area contributed by atoms with Crippen LogP contribution in [-0.2, 0) is 24.7 Å². The summed E-state index contributed by atoms with van der Waals surface area (Å²) in [5.74, 6) is 0.673. The van der Waals surface area contributed by atoms with Gasteiger partial charge in [0.25, 0.3) is 0 Å². The molecule has 1 aliphatic rings. The first kappa shape index (κ1) is 18.8. The van der Waals surface area contributed by atoms with E-state index in [0.29, 0.717) is 24.3 Å². The Kier molecular flexibility index (Phi) is 5.40. The number of anilines is 1. The van der Waals surface area contributed by atoms with E-state index in [1.54, 1.807) is 15.8 Å². The third-order valence-corrected chi connectivity index (χ3v) is 5.25. The SMILES string of the molecule is CCc1nnc(NC[C@@H]2CC(=O)N(C)[C@H]2c2cnn(C)c2)c(C#N)c1CC. The first-order chi connectivity index (χ1) is 13.0. The van der Waals surface area contributed by atoms with Crippen molar-refractivity contribution in [3.8, 4) is 6.07 Å². The topological polar surface area (TPSA) is 99.7 Å². The number of nitriles is 1. The molecule has 8 nitrogen and oxygen atoms in total. The minimum absolute atomic E-state index is 0.0437. The second-order valence-corrected chi connectivity index (χ2v) is 6.91. The van der Waals surface area contributed by atoms with Crippen LogP contribution in [0, 0.1) is 17.2 Å². The number of carbonyl (C=O) groups excluding carboxylic acids is 1. The summed E-state index contributed by atoms with van der Waals surface area (Å²) in [6.07, 6.45) is 5.68. The fourth-order valence-corrected chi connectivity index (χ4v) is 3.87. The van der Waals surface area contributed by atoms with Gasteiger partial charge < -0.3 is 10.2 Å². The third kappa shape index (κ3) is 3.50. The molecule has 0 radical (unpaired) electrons. The normalized spacial score (nSPS) is 19.4. The molecule has 0 saturated carbocycles. The van der Waals surface area contributed by atoms with Crippen LogP contribution >= 0.6 is 0 Å². The monoisotopic (exact) mass is 367 g/mol. The van der Waals surface area contributed by atoms with E-state index in [-0.39, 0.29) is 17.9 Å². The van der Waals surface area contributed by atoms with Gasteiger partial charge in [0.15, 0.2) is 5.82 Å². The molecule has 0 bridgehead atoms. The maximum Gasteiger partial charge on any atom is 0.223 e. The summed E-state index contributed by atoms with van der Waals surface area (Å²) in [5.41, 5.74) is 3.38. The molecule has 3 rings (SSSR count). The van der Waals surface area contributed by atoms with Gasteiger partial charge in [-0.2, -0.15) is 15.5 Å². The van der Waals surface area contributed by atoms with E-state index in [4.69, 9.17) is 0 Å². The number of hydrogen-bond acceptors (Lipinski definition) is 6. The van der Waals surface area contributed by atoms with Crippen LogP contribution < -0.4 is 5.32 Å². The predicted molar refractivity (Wildman–Crippen MR) is 101 cm³/mol. The van der Waals surface area contributed by atoms with Gasteiger partial charge in [-0.05, 0) is 18.4 Å². The molecule has 0 unspecified atom stereocenters. The quantitative estimate of drug-likeness (QED) is 0.836. The standard InChI is InChI=1S/C19H25N7O/c1-5-14-15(8-20)19(24-23-16(14)6-2)21-9-12-7-17(27)26(4)18(12)13-10-22-25(3)11-13/h10-12,18H,5-7,9H2,1-4H3,(H,21,24)/t12-,18+/m0/s1. The second kappa shape index (κ2) is 7.74. The Morgan fingerprint density at radius 2 is 2.07 bits per heavy atom. The van der Waals surface area contributed by atoms with Crippen LogP contribution in [0.2, 0.25) is 0 Å². The van der Waals surface area contributed by atoms with Crippen molar-refractivity contribution in [2.45, 2.75) is 39.2 Å². The number of hydrogen-bond donors (Lipinski definition) is 1. The van der Waals surface area contributed by atoms with Gasteiger partial charge in [0.1, 0.15) is 11.6 Å². The molecule has 27 heavy (non-hydrogen) atoms. The minimum Gasteiger partial charge on any atom is -0.367 e. The Morgan fingerprint density at radius 3 is 2.67 bits per heavy atom. The molecule has 0 aliphatic carbocycles. The molecule has 1 fully saturated rings. The number of nitrogens with zero attached hydrogens (tertiary/aromatic N) is 6. The molecule has 1 saturated heterocycles. The van der Waals surface area contributed by atoms with Crippen molar-refractivity contribution in [2.24, 2.45) is 13.0 Å². The summed E-state index contributed by atoms with van der Waals surface area (Å²) in [6.45, 7) is 4.56. The van der Waals surface area contributed by atoms with Crippen LogP contribution in [-0.4, -0.2) is 44.4 Å². The predicted octanol–water partition coefficient (Wildman–Crippen LogP) is 1.84. The average Bonchev–Trinajstić information content (AvgIpc) is 3.21. The van der Waals surface area contributed by atoms with Gasteiger partial charge >= 0.3 is 0 Å². The molecule has 2 aromatic heterocycles. The van der Waals surface area contributed by atoms with Gasteiger partial charge in [-0.25, -0.2) is 0 Å². The number of amides is 1. The van der Waals surface area contributed by atoms with E-state index in [1.807, 2.05) is 34.1 Å². The maximum absolute atomic E-state index is 12.3. The summed E-state index contributed by atoms with van der Waals surface area (Å²) in [7, 11) is 3.69. The van der Waals surface area contributed by atoms with E-state index in [1.165, 1.54) is 0 Å². The number of rotatable bonds is 6. The van der Waals surface area contributed by atoms with Gasteiger partial charge in [0.2, 0.25) is 5.91 Å². The fraction of sp³-hybridized carbons (Fsp3) is 0.526. The van der Waals surface area contributed by atoms with E-state index in [0.717, 1.165) is 29.7 Å². The molecule has 2 atom stereocenters. The molecule has 2 aromatic rings. The summed E-state index contributed by atoms with van der Waals surface area (Å²) in [4.78, 5) is 14.1. The number of nitrogens with one attached hydrogen (secondary N) is 1. The van der Waals surface area contributed by atoms with Crippen LogP contribution in [0.1, 0.15) is 48.7 Å². The van der Waals surface area contributed by atoms with Crippen molar-refractivity contribution in [1.82, 2.24) is 24.9 Å². The minimum atomic E-state index is -0.0437. The van der Waals surface area contributed by atoms with Gasteiger partial charge in [0, 0.05) is 44.7 Å². The summed E-state index contributed by atoms with van der Waals surface area (Å²) < 4.78 is 1.74. The first-order valence-electron chi connectivity index (χ1n) is 9.26. The highest BCUT2D eigenvalue weighted by Crippen LogP contribution is 2.37. The molecule has 1 amide bonds. The van der Waals surface area contributed by atoms with Gasteiger partial charge in [-0.15, -0.1) is 5.10 Å². The molecular weight excluding hydrogens is 342 g/mol. The van der Waals surface area contributed by atoms with Crippen LogP contribution in [0.25, 0.3) is 0 Å². The molecule has 8 heteroatoms. The average molecular weight is 367 g/mol. The van der Waals surface area contributed by atoms with Crippen molar-refractivity contribution in [1.29, 1.82) is 5.26 Å². The van der Waals surface area contributed by atoms with E-state index in [9.17, 15) is 10.1 Å². The second-order valence-electron chi connectivity index (χ2n) is 6.91. The highest BCUT2D eigenvalue weighted by atomic mass is 16.2. The van der Waals surface area contributed by atoms with E-state index >= 15 is 0 Å². The van der Waals surface area contributed by atoms with Crippen molar-refractivity contribution < 1.29 is 4.79 Å². The number of aryl methyl sites for hydroxylation is 2. The molecule has 0 spiro atoms. The van der Waals surface area contributed by atoms with E-state index < -0.39 is 0 Å². The zero-order chi connectivity index (χ0) is 19.6. The summed E-state index contributed by atoms with van der Waals surface area (Å²) in [6, 6.07) is 2.23. The van der Waals surface area contributed by atoms with Gasteiger partial charge in [-0.3, -0.25) is 9.48 Å². The van der Waals surface area contributed by atoms with Crippen molar-refractivity contribution >= 4 is 11.7 Å². The Morgan fingerprint density at radius 1 is 1.30 bits per heavy atom. The smallest absolute Gasteiger partial charge is 0.223 e. The Balaban J connectivity index is 1.83. The van der Waals surface area contributed by atoms with Crippen LogP contribution in [0.15, 0.2) is 12.4 Å².